The Kier molecular flexibility index (Phi) is 2.87. The number of hydrogen-bond acceptors (Lipinski definition) is 5. The molecule has 108 valence electrons. The van der Waals surface area contributed by atoms with Crippen molar-refractivity contribution in [2.24, 2.45) is 5.73 Å². The predicted molar refractivity (Wildman–Crippen MR) is 80.5 cm³/mol. The molecule has 0 aliphatic heterocycles. The molecule has 7 heteroatoms. The van der Waals surface area contributed by atoms with E-state index in [9.17, 15) is 0 Å². The van der Waals surface area contributed by atoms with Gasteiger partial charge in [-0.1, -0.05) is 18.0 Å². The number of rotatable bonds is 2. The van der Waals surface area contributed by atoms with Crippen molar-refractivity contribution in [3.05, 3.63) is 35.0 Å². The van der Waals surface area contributed by atoms with Gasteiger partial charge in [-0.15, -0.1) is 0 Å². The van der Waals surface area contributed by atoms with Crippen molar-refractivity contribution in [3.63, 3.8) is 0 Å². The van der Waals surface area contributed by atoms with Gasteiger partial charge in [-0.3, -0.25) is 0 Å². The molecular formula is C14H14BrN5O. The highest BCUT2D eigenvalue weighted by Crippen LogP contribution is 2.36. The fourth-order valence-electron chi connectivity index (χ4n) is 2.92. The van der Waals surface area contributed by atoms with E-state index in [-0.39, 0.29) is 0 Å². The van der Waals surface area contributed by atoms with Crippen LogP contribution >= 0.6 is 15.9 Å². The maximum Gasteiger partial charge on any atom is 0.261 e. The molecule has 3 heterocycles. The van der Waals surface area contributed by atoms with Crippen LogP contribution < -0.4 is 5.73 Å². The molecule has 0 saturated heterocycles. The molecule has 0 amide bonds. The second-order valence-corrected chi connectivity index (χ2v) is 6.43. The highest BCUT2D eigenvalue weighted by atomic mass is 79.9. The van der Waals surface area contributed by atoms with Crippen molar-refractivity contribution in [1.29, 1.82) is 0 Å². The van der Waals surface area contributed by atoms with Gasteiger partial charge in [-0.25, -0.2) is 4.98 Å². The lowest BCUT2D eigenvalue weighted by Crippen LogP contribution is -2.34. The summed E-state index contributed by atoms with van der Waals surface area (Å²) in [6, 6.07) is 1.93. The van der Waals surface area contributed by atoms with Crippen LogP contribution in [0.15, 0.2) is 33.7 Å². The zero-order valence-corrected chi connectivity index (χ0v) is 12.9. The molecule has 0 unspecified atom stereocenters. The van der Waals surface area contributed by atoms with Crippen molar-refractivity contribution >= 4 is 21.6 Å². The number of nitrogens with two attached hydrogens (primary N) is 1. The number of aromatic nitrogens is 4. The van der Waals surface area contributed by atoms with E-state index in [4.69, 9.17) is 10.3 Å². The zero-order chi connectivity index (χ0) is 14.4. The van der Waals surface area contributed by atoms with Gasteiger partial charge in [-0.05, 0) is 34.8 Å². The number of fused-ring (bicyclic) bond motifs is 1. The molecule has 21 heavy (non-hydrogen) atoms. The lowest BCUT2D eigenvalue weighted by Gasteiger charge is -2.17. The van der Waals surface area contributed by atoms with Crippen molar-refractivity contribution < 1.29 is 4.52 Å². The Hall–Kier alpha value is -1.73. The summed E-state index contributed by atoms with van der Waals surface area (Å²) in [6.07, 6.45) is 9.59. The quantitative estimate of drug-likeness (QED) is 0.770. The second-order valence-electron chi connectivity index (χ2n) is 5.52. The van der Waals surface area contributed by atoms with Gasteiger partial charge in [0.1, 0.15) is 5.65 Å². The lowest BCUT2D eigenvalue weighted by atomic mass is 9.99. The fourth-order valence-corrected chi connectivity index (χ4v) is 3.37. The molecule has 3 aromatic rings. The van der Waals surface area contributed by atoms with Crippen LogP contribution in [-0.4, -0.2) is 19.5 Å². The van der Waals surface area contributed by atoms with E-state index in [1.54, 1.807) is 6.20 Å². The number of imidazole rings is 1. The summed E-state index contributed by atoms with van der Waals surface area (Å²) in [5.41, 5.74) is 7.52. The Morgan fingerprint density at radius 2 is 2.14 bits per heavy atom. The lowest BCUT2D eigenvalue weighted by molar-refractivity contribution is 0.372. The number of hydrogen-bond donors (Lipinski definition) is 1. The molecule has 1 saturated carbocycles. The van der Waals surface area contributed by atoms with Gasteiger partial charge in [0, 0.05) is 23.1 Å². The van der Waals surface area contributed by atoms with E-state index in [1.165, 1.54) is 0 Å². The number of pyridine rings is 1. The van der Waals surface area contributed by atoms with E-state index < -0.39 is 5.54 Å². The minimum atomic E-state index is -0.445. The molecule has 0 spiro atoms. The maximum atomic E-state index is 6.38. The maximum absolute atomic E-state index is 6.38. The first-order valence-corrected chi connectivity index (χ1v) is 7.71. The van der Waals surface area contributed by atoms with Gasteiger partial charge < -0.3 is 14.7 Å². The van der Waals surface area contributed by atoms with Crippen LogP contribution in [0.2, 0.25) is 0 Å². The number of halogens is 1. The van der Waals surface area contributed by atoms with Crippen LogP contribution in [0, 0.1) is 0 Å². The molecule has 3 aromatic heterocycles. The molecule has 0 aromatic carbocycles. The first kappa shape index (κ1) is 13.0. The van der Waals surface area contributed by atoms with E-state index in [0.717, 1.165) is 41.4 Å². The van der Waals surface area contributed by atoms with Crippen LogP contribution in [0.3, 0.4) is 0 Å². The van der Waals surface area contributed by atoms with E-state index >= 15 is 0 Å². The first-order chi connectivity index (χ1) is 10.2. The SMILES string of the molecule is NC1(c2noc(-c3cc(Br)cn4ccnc34)n2)CCCC1. The summed E-state index contributed by atoms with van der Waals surface area (Å²) in [6.45, 7) is 0. The average molecular weight is 348 g/mol. The van der Waals surface area contributed by atoms with Crippen LogP contribution in [0.5, 0.6) is 0 Å². The highest BCUT2D eigenvalue weighted by Gasteiger charge is 2.36. The van der Waals surface area contributed by atoms with Crippen LogP contribution in [0.4, 0.5) is 0 Å². The fraction of sp³-hybridized carbons (Fsp3) is 0.357. The van der Waals surface area contributed by atoms with Crippen LogP contribution in [0.1, 0.15) is 31.5 Å². The Morgan fingerprint density at radius 3 is 2.95 bits per heavy atom. The van der Waals surface area contributed by atoms with Crippen molar-refractivity contribution in [2.75, 3.05) is 0 Å². The Bertz CT molecular complexity index is 803. The van der Waals surface area contributed by atoms with Gasteiger partial charge >= 0.3 is 0 Å². The third-order valence-electron chi connectivity index (χ3n) is 4.05. The molecule has 6 nitrogen and oxygen atoms in total. The molecule has 1 aliphatic carbocycles. The van der Waals surface area contributed by atoms with Gasteiger partial charge in [0.2, 0.25) is 0 Å². The smallest absolute Gasteiger partial charge is 0.261 e. The summed E-state index contributed by atoms with van der Waals surface area (Å²) in [7, 11) is 0. The normalized spacial score (nSPS) is 17.6. The highest BCUT2D eigenvalue weighted by molar-refractivity contribution is 9.10. The minimum absolute atomic E-state index is 0.445. The third kappa shape index (κ3) is 2.08. The Balaban J connectivity index is 1.83. The monoisotopic (exact) mass is 347 g/mol. The molecule has 1 fully saturated rings. The third-order valence-corrected chi connectivity index (χ3v) is 4.49. The van der Waals surface area contributed by atoms with Gasteiger partial charge in [-0.2, -0.15) is 4.98 Å². The van der Waals surface area contributed by atoms with E-state index in [1.807, 2.05) is 22.9 Å². The van der Waals surface area contributed by atoms with Gasteiger partial charge in [0.15, 0.2) is 5.82 Å². The zero-order valence-electron chi connectivity index (χ0n) is 11.3. The Labute approximate surface area is 129 Å². The van der Waals surface area contributed by atoms with Crippen LogP contribution in [0.25, 0.3) is 17.1 Å². The first-order valence-electron chi connectivity index (χ1n) is 6.91. The average Bonchev–Trinajstić information content (AvgIpc) is 3.17. The largest absolute Gasteiger partial charge is 0.334 e. The molecular weight excluding hydrogens is 334 g/mol. The molecule has 2 N–H and O–H groups in total. The molecule has 4 rings (SSSR count). The standard InChI is InChI=1S/C14H14BrN5O/c15-9-7-10(11-17-5-6-20(11)8-9)12-18-13(19-21-12)14(16)3-1-2-4-14/h5-8H,1-4,16H2. The molecule has 1 aliphatic rings. The summed E-state index contributed by atoms with van der Waals surface area (Å²) >= 11 is 3.49. The molecule has 0 atom stereocenters. The van der Waals surface area contributed by atoms with Gasteiger partial charge in [0.25, 0.3) is 5.89 Å². The topological polar surface area (TPSA) is 82.2 Å². The van der Waals surface area contributed by atoms with Gasteiger partial charge in [0.05, 0.1) is 11.1 Å². The summed E-state index contributed by atoms with van der Waals surface area (Å²) in [5, 5.41) is 4.10. The van der Waals surface area contributed by atoms with E-state index in [0.29, 0.717) is 11.7 Å². The second kappa shape index (κ2) is 4.64. The van der Waals surface area contributed by atoms with Crippen molar-refractivity contribution in [2.45, 2.75) is 31.2 Å². The van der Waals surface area contributed by atoms with Crippen molar-refractivity contribution in [1.82, 2.24) is 19.5 Å². The van der Waals surface area contributed by atoms with Crippen molar-refractivity contribution in [3.8, 4) is 11.5 Å². The summed E-state index contributed by atoms with van der Waals surface area (Å²) in [4.78, 5) is 8.87. The Morgan fingerprint density at radius 1 is 1.33 bits per heavy atom. The summed E-state index contributed by atoms with van der Waals surface area (Å²) in [5.74, 6) is 1.05. The number of nitrogens with zero attached hydrogens (tertiary/aromatic N) is 4. The molecule has 0 radical (unpaired) electrons. The van der Waals surface area contributed by atoms with Crippen LogP contribution in [-0.2, 0) is 5.54 Å². The predicted octanol–water partition coefficient (Wildman–Crippen LogP) is 2.87. The van der Waals surface area contributed by atoms with E-state index in [2.05, 4.69) is 31.1 Å². The summed E-state index contributed by atoms with van der Waals surface area (Å²) < 4.78 is 8.28. The molecule has 0 bridgehead atoms. The minimum Gasteiger partial charge on any atom is -0.334 e.